The highest BCUT2D eigenvalue weighted by Crippen LogP contribution is 2.38. The van der Waals surface area contributed by atoms with Gasteiger partial charge in [0.25, 0.3) is 0 Å². The Hall–Kier alpha value is -0.570. The molecular formula is C12H24N2O. The van der Waals surface area contributed by atoms with Crippen molar-refractivity contribution in [2.24, 2.45) is 11.8 Å². The lowest BCUT2D eigenvalue weighted by Gasteiger charge is -2.26. The highest BCUT2D eigenvalue weighted by atomic mass is 16.1. The number of nitrogens with one attached hydrogen (secondary N) is 2. The highest BCUT2D eigenvalue weighted by molar-refractivity contribution is 5.78. The zero-order valence-corrected chi connectivity index (χ0v) is 10.4. The van der Waals surface area contributed by atoms with Crippen LogP contribution in [0.5, 0.6) is 0 Å². The van der Waals surface area contributed by atoms with E-state index in [9.17, 15) is 4.79 Å². The molecule has 0 spiro atoms. The summed E-state index contributed by atoms with van der Waals surface area (Å²) >= 11 is 0. The van der Waals surface area contributed by atoms with Gasteiger partial charge in [-0.2, -0.15) is 0 Å². The van der Waals surface area contributed by atoms with E-state index < -0.39 is 0 Å². The second kappa shape index (κ2) is 4.97. The van der Waals surface area contributed by atoms with E-state index in [0.29, 0.717) is 12.5 Å². The quantitative estimate of drug-likeness (QED) is 0.701. The second-order valence-electron chi connectivity index (χ2n) is 5.55. The van der Waals surface area contributed by atoms with Crippen molar-refractivity contribution in [3.63, 3.8) is 0 Å². The molecule has 1 saturated carbocycles. The Morgan fingerprint density at radius 2 is 2.00 bits per heavy atom. The summed E-state index contributed by atoms with van der Waals surface area (Å²) in [5, 5.41) is 6.24. The number of rotatable bonds is 6. The molecule has 0 aliphatic heterocycles. The molecule has 1 aliphatic carbocycles. The fraction of sp³-hybridized carbons (Fsp3) is 0.917. The van der Waals surface area contributed by atoms with Crippen molar-refractivity contribution < 1.29 is 4.79 Å². The van der Waals surface area contributed by atoms with Crippen LogP contribution < -0.4 is 10.6 Å². The molecule has 15 heavy (non-hydrogen) atoms. The van der Waals surface area contributed by atoms with Crippen molar-refractivity contribution in [1.29, 1.82) is 0 Å². The molecular weight excluding hydrogens is 188 g/mol. The molecule has 0 saturated heterocycles. The standard InChI is InChI=1S/C12H24N2O/c1-9(2)7-13-11(15)8-14-12(3,4)10-5-6-10/h9-10,14H,5-8H2,1-4H3,(H,13,15). The summed E-state index contributed by atoms with van der Waals surface area (Å²) in [7, 11) is 0. The molecule has 0 bridgehead atoms. The summed E-state index contributed by atoms with van der Waals surface area (Å²) in [6, 6.07) is 0. The molecule has 1 amide bonds. The van der Waals surface area contributed by atoms with Gasteiger partial charge in [0.2, 0.25) is 5.91 Å². The molecule has 88 valence electrons. The molecule has 1 fully saturated rings. The Balaban J connectivity index is 2.15. The lowest BCUT2D eigenvalue weighted by Crippen LogP contribution is -2.47. The number of hydrogen-bond acceptors (Lipinski definition) is 2. The van der Waals surface area contributed by atoms with Gasteiger partial charge in [-0.15, -0.1) is 0 Å². The molecule has 1 aliphatic rings. The average Bonchev–Trinajstić information content (AvgIpc) is 2.94. The predicted molar refractivity (Wildman–Crippen MR) is 62.7 cm³/mol. The van der Waals surface area contributed by atoms with Gasteiger partial charge in [-0.3, -0.25) is 4.79 Å². The summed E-state index contributed by atoms with van der Waals surface area (Å²) in [5.41, 5.74) is 0.120. The van der Waals surface area contributed by atoms with E-state index in [-0.39, 0.29) is 11.4 Å². The summed E-state index contributed by atoms with van der Waals surface area (Å²) in [6.07, 6.45) is 2.60. The third kappa shape index (κ3) is 4.65. The van der Waals surface area contributed by atoms with Gasteiger partial charge in [0.15, 0.2) is 0 Å². The van der Waals surface area contributed by atoms with Gasteiger partial charge >= 0.3 is 0 Å². The minimum Gasteiger partial charge on any atom is -0.355 e. The van der Waals surface area contributed by atoms with E-state index in [1.54, 1.807) is 0 Å². The van der Waals surface area contributed by atoms with Gasteiger partial charge < -0.3 is 10.6 Å². The van der Waals surface area contributed by atoms with Gasteiger partial charge in [-0.25, -0.2) is 0 Å². The molecule has 3 heteroatoms. The minimum absolute atomic E-state index is 0.109. The minimum atomic E-state index is 0.109. The third-order valence-corrected chi connectivity index (χ3v) is 3.01. The Morgan fingerprint density at radius 1 is 1.40 bits per heavy atom. The largest absolute Gasteiger partial charge is 0.355 e. The molecule has 1 rings (SSSR count). The maximum absolute atomic E-state index is 11.5. The highest BCUT2D eigenvalue weighted by Gasteiger charge is 2.37. The molecule has 0 aromatic rings. The van der Waals surface area contributed by atoms with E-state index >= 15 is 0 Å². The maximum Gasteiger partial charge on any atom is 0.233 e. The van der Waals surface area contributed by atoms with Crippen LogP contribution in [-0.2, 0) is 4.79 Å². The first-order valence-corrected chi connectivity index (χ1v) is 5.93. The number of carbonyl (C=O) groups is 1. The van der Waals surface area contributed by atoms with E-state index in [2.05, 4.69) is 38.3 Å². The topological polar surface area (TPSA) is 41.1 Å². The van der Waals surface area contributed by atoms with Crippen LogP contribution in [-0.4, -0.2) is 24.5 Å². The van der Waals surface area contributed by atoms with Crippen LogP contribution in [0.3, 0.4) is 0 Å². The summed E-state index contributed by atoms with van der Waals surface area (Å²) in [5.74, 6) is 1.39. The first-order valence-electron chi connectivity index (χ1n) is 5.93. The Kier molecular flexibility index (Phi) is 4.14. The number of hydrogen-bond donors (Lipinski definition) is 2. The monoisotopic (exact) mass is 212 g/mol. The smallest absolute Gasteiger partial charge is 0.233 e. The van der Waals surface area contributed by atoms with Crippen molar-refractivity contribution in [3.05, 3.63) is 0 Å². The van der Waals surface area contributed by atoms with Crippen molar-refractivity contribution >= 4 is 5.91 Å². The van der Waals surface area contributed by atoms with E-state index in [4.69, 9.17) is 0 Å². The molecule has 3 nitrogen and oxygen atoms in total. The molecule has 0 aromatic carbocycles. The second-order valence-corrected chi connectivity index (χ2v) is 5.55. The van der Waals surface area contributed by atoms with Crippen molar-refractivity contribution in [1.82, 2.24) is 10.6 Å². The lowest BCUT2D eigenvalue weighted by molar-refractivity contribution is -0.120. The molecule has 0 unspecified atom stereocenters. The number of carbonyl (C=O) groups excluding carboxylic acids is 1. The molecule has 0 heterocycles. The van der Waals surface area contributed by atoms with Gasteiger partial charge in [0.1, 0.15) is 0 Å². The van der Waals surface area contributed by atoms with Crippen molar-refractivity contribution in [2.75, 3.05) is 13.1 Å². The van der Waals surface area contributed by atoms with Crippen LogP contribution in [0.1, 0.15) is 40.5 Å². The maximum atomic E-state index is 11.5. The van der Waals surface area contributed by atoms with E-state index in [0.717, 1.165) is 12.5 Å². The Labute approximate surface area is 93.0 Å². The van der Waals surface area contributed by atoms with Crippen molar-refractivity contribution in [2.45, 2.75) is 46.1 Å². The summed E-state index contributed by atoms with van der Waals surface area (Å²) in [6.45, 7) is 9.77. The average molecular weight is 212 g/mol. The normalized spacial score (nSPS) is 16.9. The van der Waals surface area contributed by atoms with Gasteiger partial charge in [0.05, 0.1) is 6.54 Å². The Bertz CT molecular complexity index is 220. The summed E-state index contributed by atoms with van der Waals surface area (Å²) in [4.78, 5) is 11.5. The zero-order chi connectivity index (χ0) is 11.5. The molecule has 2 N–H and O–H groups in total. The lowest BCUT2D eigenvalue weighted by atomic mass is 9.99. The third-order valence-electron chi connectivity index (χ3n) is 3.01. The fourth-order valence-electron chi connectivity index (χ4n) is 1.64. The van der Waals surface area contributed by atoms with Crippen molar-refractivity contribution in [3.8, 4) is 0 Å². The van der Waals surface area contributed by atoms with Gasteiger partial charge in [-0.05, 0) is 38.5 Å². The van der Waals surface area contributed by atoms with Crippen LogP contribution in [0.25, 0.3) is 0 Å². The molecule has 0 radical (unpaired) electrons. The predicted octanol–water partition coefficient (Wildman–Crippen LogP) is 1.54. The number of amides is 1. The van der Waals surface area contributed by atoms with E-state index in [1.165, 1.54) is 12.8 Å². The van der Waals surface area contributed by atoms with E-state index in [1.807, 2.05) is 0 Å². The van der Waals surface area contributed by atoms with Gasteiger partial charge in [-0.1, -0.05) is 13.8 Å². The zero-order valence-electron chi connectivity index (χ0n) is 10.4. The van der Waals surface area contributed by atoms with Crippen LogP contribution in [0.4, 0.5) is 0 Å². The SMILES string of the molecule is CC(C)CNC(=O)CNC(C)(C)C1CC1. The fourth-order valence-corrected chi connectivity index (χ4v) is 1.64. The van der Waals surface area contributed by atoms with Crippen LogP contribution in [0.15, 0.2) is 0 Å². The molecule has 0 aromatic heterocycles. The molecule has 0 atom stereocenters. The summed E-state index contributed by atoms with van der Waals surface area (Å²) < 4.78 is 0. The van der Waals surface area contributed by atoms with Crippen LogP contribution in [0, 0.1) is 11.8 Å². The van der Waals surface area contributed by atoms with Crippen LogP contribution in [0.2, 0.25) is 0 Å². The van der Waals surface area contributed by atoms with Gasteiger partial charge in [0, 0.05) is 12.1 Å². The van der Waals surface area contributed by atoms with Crippen LogP contribution >= 0.6 is 0 Å². The Morgan fingerprint density at radius 3 is 2.47 bits per heavy atom. The first kappa shape index (κ1) is 12.5. The first-order chi connectivity index (χ1) is 6.92.